The number of rotatable bonds is 13. The Morgan fingerprint density at radius 1 is 0.682 bits per heavy atom. The van der Waals surface area contributed by atoms with E-state index in [1.54, 1.807) is 0 Å². The highest BCUT2D eigenvalue weighted by molar-refractivity contribution is 5.81. The van der Waals surface area contributed by atoms with Gasteiger partial charge in [-0.15, -0.1) is 0 Å². The summed E-state index contributed by atoms with van der Waals surface area (Å²) in [6, 6.07) is 0. The largest absolute Gasteiger partial charge is 0.469 e. The Labute approximate surface area is 135 Å². The minimum Gasteiger partial charge on any atom is -0.469 e. The van der Waals surface area contributed by atoms with Crippen LogP contribution in [-0.2, 0) is 19.1 Å². The number of ether oxygens (including phenoxy) is 2. The predicted octanol–water partition coefficient (Wildman–Crippen LogP) is 4.51. The van der Waals surface area contributed by atoms with Gasteiger partial charge in [0, 0.05) is 0 Å². The first kappa shape index (κ1) is 20.9. The zero-order valence-electron chi connectivity index (χ0n) is 14.9. The summed E-state index contributed by atoms with van der Waals surface area (Å²) in [5.41, 5.74) is 0. The van der Waals surface area contributed by atoms with Gasteiger partial charge in [-0.2, -0.15) is 0 Å². The summed E-state index contributed by atoms with van der Waals surface area (Å²) in [6.07, 6.45) is 10.1. The summed E-state index contributed by atoms with van der Waals surface area (Å²) in [4.78, 5) is 24.2. The van der Waals surface area contributed by atoms with Crippen molar-refractivity contribution in [1.82, 2.24) is 0 Å². The molecule has 0 heterocycles. The summed E-state index contributed by atoms with van der Waals surface area (Å²) >= 11 is 0. The van der Waals surface area contributed by atoms with Gasteiger partial charge in [0.1, 0.15) is 0 Å². The Morgan fingerprint density at radius 3 is 1.32 bits per heavy atom. The molecule has 0 bridgehead atoms. The zero-order valence-corrected chi connectivity index (χ0v) is 14.9. The molecule has 4 heteroatoms. The molecule has 4 nitrogen and oxygen atoms in total. The van der Waals surface area contributed by atoms with E-state index in [1.807, 2.05) is 0 Å². The summed E-state index contributed by atoms with van der Waals surface area (Å²) in [7, 11) is 2.79. The van der Waals surface area contributed by atoms with E-state index < -0.39 is 0 Å². The minimum absolute atomic E-state index is 0.276. The van der Waals surface area contributed by atoms with Crippen LogP contribution in [0.3, 0.4) is 0 Å². The number of hydrogen-bond donors (Lipinski definition) is 0. The van der Waals surface area contributed by atoms with Crippen LogP contribution in [0.25, 0.3) is 0 Å². The van der Waals surface area contributed by atoms with Crippen LogP contribution in [0, 0.1) is 11.8 Å². The van der Waals surface area contributed by atoms with E-state index in [2.05, 4.69) is 13.8 Å². The first-order chi connectivity index (χ1) is 10.6. The van der Waals surface area contributed by atoms with Gasteiger partial charge in [0.15, 0.2) is 0 Å². The molecule has 0 saturated carbocycles. The Morgan fingerprint density at radius 2 is 1.05 bits per heavy atom. The minimum atomic E-state index is -0.365. The molecule has 0 N–H and O–H groups in total. The molecule has 0 amide bonds. The third-order valence-electron chi connectivity index (χ3n) is 4.23. The molecule has 130 valence electrons. The number of unbranched alkanes of at least 4 members (excludes halogenated alkanes) is 6. The van der Waals surface area contributed by atoms with Gasteiger partial charge in [-0.05, 0) is 12.8 Å². The standard InChI is InChI=1S/C18H34O4/c1-5-7-9-11-13-15(17(19)21-3)16(18(20)22-4)14-12-10-8-6-2/h15-16H,5-14H2,1-4H3. The first-order valence-corrected chi connectivity index (χ1v) is 8.77. The predicted molar refractivity (Wildman–Crippen MR) is 88.5 cm³/mol. The second-order valence-electron chi connectivity index (χ2n) is 5.96. The molecule has 0 saturated heterocycles. The third-order valence-corrected chi connectivity index (χ3v) is 4.23. The number of esters is 2. The summed E-state index contributed by atoms with van der Waals surface area (Å²) < 4.78 is 9.85. The number of methoxy groups -OCH3 is 2. The Hall–Kier alpha value is -1.06. The van der Waals surface area contributed by atoms with Crippen molar-refractivity contribution in [2.45, 2.75) is 78.1 Å². The lowest BCUT2D eigenvalue weighted by molar-refractivity contribution is -0.158. The lowest BCUT2D eigenvalue weighted by Gasteiger charge is -2.23. The lowest BCUT2D eigenvalue weighted by Crippen LogP contribution is -2.32. The van der Waals surface area contributed by atoms with Crippen molar-refractivity contribution in [1.29, 1.82) is 0 Å². The van der Waals surface area contributed by atoms with Gasteiger partial charge in [0.2, 0.25) is 0 Å². The Balaban J connectivity index is 4.70. The fraction of sp³-hybridized carbons (Fsp3) is 0.889. The van der Waals surface area contributed by atoms with E-state index in [0.717, 1.165) is 51.4 Å². The zero-order chi connectivity index (χ0) is 16.8. The van der Waals surface area contributed by atoms with Crippen LogP contribution in [0.4, 0.5) is 0 Å². The topological polar surface area (TPSA) is 52.6 Å². The number of hydrogen-bond acceptors (Lipinski definition) is 4. The van der Waals surface area contributed by atoms with Crippen molar-refractivity contribution in [3.63, 3.8) is 0 Å². The van der Waals surface area contributed by atoms with Crippen LogP contribution in [0.2, 0.25) is 0 Å². The normalized spacial score (nSPS) is 13.5. The molecule has 2 unspecified atom stereocenters. The van der Waals surface area contributed by atoms with E-state index in [1.165, 1.54) is 14.2 Å². The Bertz CT molecular complexity index is 271. The van der Waals surface area contributed by atoms with Crippen LogP contribution in [0.1, 0.15) is 78.1 Å². The highest BCUT2D eigenvalue weighted by Crippen LogP contribution is 2.27. The molecule has 0 fully saturated rings. The molecule has 0 radical (unpaired) electrons. The molecule has 0 aliphatic heterocycles. The maximum atomic E-state index is 12.1. The lowest BCUT2D eigenvalue weighted by atomic mass is 9.84. The Kier molecular flexibility index (Phi) is 12.9. The summed E-state index contributed by atoms with van der Waals surface area (Å²) in [5.74, 6) is -1.28. The highest BCUT2D eigenvalue weighted by atomic mass is 16.5. The van der Waals surface area contributed by atoms with Crippen molar-refractivity contribution < 1.29 is 19.1 Å². The summed E-state index contributed by atoms with van der Waals surface area (Å²) in [5, 5.41) is 0. The number of carbonyl (C=O) groups excluding carboxylic acids is 2. The molecule has 0 aromatic heterocycles. The van der Waals surface area contributed by atoms with Crippen molar-refractivity contribution in [3.8, 4) is 0 Å². The van der Waals surface area contributed by atoms with Gasteiger partial charge < -0.3 is 9.47 Å². The molecule has 0 aromatic rings. The first-order valence-electron chi connectivity index (χ1n) is 8.77. The fourth-order valence-corrected chi connectivity index (χ4v) is 2.85. The highest BCUT2D eigenvalue weighted by Gasteiger charge is 2.34. The molecular weight excluding hydrogens is 280 g/mol. The number of carbonyl (C=O) groups is 2. The molecule has 0 aromatic carbocycles. The third kappa shape index (κ3) is 8.40. The second-order valence-corrected chi connectivity index (χ2v) is 5.96. The molecule has 0 rings (SSSR count). The van der Waals surface area contributed by atoms with Crippen LogP contribution >= 0.6 is 0 Å². The van der Waals surface area contributed by atoms with E-state index in [9.17, 15) is 9.59 Å². The van der Waals surface area contributed by atoms with Gasteiger partial charge in [0.25, 0.3) is 0 Å². The molecule has 22 heavy (non-hydrogen) atoms. The maximum Gasteiger partial charge on any atom is 0.309 e. The average molecular weight is 314 g/mol. The monoisotopic (exact) mass is 314 g/mol. The van der Waals surface area contributed by atoms with Gasteiger partial charge in [-0.1, -0.05) is 65.2 Å². The maximum absolute atomic E-state index is 12.1. The molecule has 0 aliphatic rings. The van der Waals surface area contributed by atoms with Crippen molar-refractivity contribution >= 4 is 11.9 Å². The van der Waals surface area contributed by atoms with Gasteiger partial charge in [-0.25, -0.2) is 0 Å². The SMILES string of the molecule is CCCCCCC(C(=O)OC)C(CCCCCC)C(=O)OC. The average Bonchev–Trinajstić information content (AvgIpc) is 2.54. The van der Waals surface area contributed by atoms with Gasteiger partial charge in [-0.3, -0.25) is 9.59 Å². The van der Waals surface area contributed by atoms with Crippen molar-refractivity contribution in [3.05, 3.63) is 0 Å². The molecule has 0 spiro atoms. The fourth-order valence-electron chi connectivity index (χ4n) is 2.85. The van der Waals surface area contributed by atoms with E-state index in [4.69, 9.17) is 9.47 Å². The van der Waals surface area contributed by atoms with Crippen molar-refractivity contribution in [2.24, 2.45) is 11.8 Å². The van der Waals surface area contributed by atoms with Gasteiger partial charge >= 0.3 is 11.9 Å². The van der Waals surface area contributed by atoms with Crippen molar-refractivity contribution in [2.75, 3.05) is 14.2 Å². The second kappa shape index (κ2) is 13.6. The molecular formula is C18H34O4. The van der Waals surface area contributed by atoms with Crippen LogP contribution in [-0.4, -0.2) is 26.2 Å². The molecule has 2 atom stereocenters. The van der Waals surface area contributed by atoms with Crippen LogP contribution < -0.4 is 0 Å². The quantitative estimate of drug-likeness (QED) is 0.371. The van der Waals surface area contributed by atoms with Crippen LogP contribution in [0.15, 0.2) is 0 Å². The van der Waals surface area contributed by atoms with E-state index in [0.29, 0.717) is 12.8 Å². The van der Waals surface area contributed by atoms with Crippen LogP contribution in [0.5, 0.6) is 0 Å². The van der Waals surface area contributed by atoms with E-state index >= 15 is 0 Å². The smallest absolute Gasteiger partial charge is 0.309 e. The van der Waals surface area contributed by atoms with E-state index in [-0.39, 0.29) is 23.8 Å². The molecule has 0 aliphatic carbocycles. The summed E-state index contributed by atoms with van der Waals surface area (Å²) in [6.45, 7) is 4.31. The van der Waals surface area contributed by atoms with Gasteiger partial charge in [0.05, 0.1) is 26.1 Å².